The third-order valence-electron chi connectivity index (χ3n) is 4.14. The van der Waals surface area contributed by atoms with Crippen LogP contribution in [0.25, 0.3) is 0 Å². The third-order valence-corrected chi connectivity index (χ3v) is 4.67. The molecule has 1 aromatic carbocycles. The third kappa shape index (κ3) is 5.94. The van der Waals surface area contributed by atoms with Crippen molar-refractivity contribution in [2.24, 2.45) is 5.92 Å². The molecule has 0 aliphatic carbocycles. The molecule has 9 nitrogen and oxygen atoms in total. The Kier molecular flexibility index (Phi) is 8.03. The lowest BCUT2D eigenvalue weighted by Crippen LogP contribution is -2.44. The highest BCUT2D eigenvalue weighted by Gasteiger charge is 2.24. The number of nitrogens with one attached hydrogen (secondary N) is 2. The molecule has 10 heteroatoms. The molecule has 0 aliphatic heterocycles. The number of carbonyl (C=O) groups is 1. The number of nitrogens with zero attached hydrogens (tertiary/aromatic N) is 2. The van der Waals surface area contributed by atoms with Crippen molar-refractivity contribution in [1.29, 1.82) is 0 Å². The van der Waals surface area contributed by atoms with Gasteiger partial charge < -0.3 is 20.7 Å². The molecule has 1 heterocycles. The minimum absolute atomic E-state index is 0.0412. The second kappa shape index (κ2) is 10.3. The van der Waals surface area contributed by atoms with E-state index in [0.717, 1.165) is 10.2 Å². The molecule has 0 bridgehead atoms. The summed E-state index contributed by atoms with van der Waals surface area (Å²) >= 11 is 3.36. The van der Waals surface area contributed by atoms with Crippen LogP contribution in [0.5, 0.6) is 0 Å². The Morgan fingerprint density at radius 3 is 2.55 bits per heavy atom. The second-order valence-corrected chi connectivity index (χ2v) is 7.81. The van der Waals surface area contributed by atoms with Crippen LogP contribution in [-0.4, -0.2) is 42.3 Å². The van der Waals surface area contributed by atoms with Crippen LogP contribution in [0, 0.1) is 5.92 Å². The van der Waals surface area contributed by atoms with Gasteiger partial charge in [0.05, 0.1) is 13.2 Å². The first kappa shape index (κ1) is 22.7. The van der Waals surface area contributed by atoms with Gasteiger partial charge in [-0.05, 0) is 30.2 Å². The van der Waals surface area contributed by atoms with E-state index in [9.17, 15) is 14.4 Å². The van der Waals surface area contributed by atoms with E-state index in [1.165, 1.54) is 16.6 Å². The van der Waals surface area contributed by atoms with Crippen molar-refractivity contribution in [3.05, 3.63) is 49.6 Å². The minimum atomic E-state index is -0.708. The zero-order valence-electron chi connectivity index (χ0n) is 16.7. The van der Waals surface area contributed by atoms with E-state index < -0.39 is 11.2 Å². The summed E-state index contributed by atoms with van der Waals surface area (Å²) in [6, 6.07) is 7.34. The highest BCUT2D eigenvalue weighted by atomic mass is 79.9. The summed E-state index contributed by atoms with van der Waals surface area (Å²) in [5.74, 6) is -0.298. The fraction of sp³-hybridized carbons (Fsp3) is 0.421. The topological polar surface area (TPSA) is 122 Å². The highest BCUT2D eigenvalue weighted by Crippen LogP contribution is 2.18. The van der Waals surface area contributed by atoms with Gasteiger partial charge in [0, 0.05) is 30.4 Å². The van der Waals surface area contributed by atoms with Gasteiger partial charge in [-0.2, -0.15) is 0 Å². The Morgan fingerprint density at radius 2 is 1.97 bits per heavy atom. The van der Waals surface area contributed by atoms with Gasteiger partial charge in [0.2, 0.25) is 5.91 Å². The number of nitrogens with two attached hydrogens (primary N) is 1. The molecule has 0 fully saturated rings. The first-order chi connectivity index (χ1) is 13.7. The number of anilines is 3. The zero-order valence-corrected chi connectivity index (χ0v) is 18.3. The number of benzene rings is 1. The second-order valence-electron chi connectivity index (χ2n) is 6.90. The van der Waals surface area contributed by atoms with E-state index in [4.69, 9.17) is 10.5 Å². The molecule has 0 saturated carbocycles. The average molecular weight is 468 g/mol. The Morgan fingerprint density at radius 1 is 1.31 bits per heavy atom. The largest absolute Gasteiger partial charge is 0.383 e. The lowest BCUT2D eigenvalue weighted by Gasteiger charge is -2.25. The molecule has 2 rings (SSSR count). The number of halogens is 1. The number of nitrogen functional groups attached to an aromatic ring is 1. The number of aromatic nitrogens is 2. The van der Waals surface area contributed by atoms with Gasteiger partial charge in [-0.15, -0.1) is 0 Å². The van der Waals surface area contributed by atoms with Crippen LogP contribution >= 0.6 is 15.9 Å². The number of rotatable bonds is 9. The van der Waals surface area contributed by atoms with E-state index in [1.54, 1.807) is 0 Å². The first-order valence-corrected chi connectivity index (χ1v) is 9.95. The van der Waals surface area contributed by atoms with Gasteiger partial charge in [-0.1, -0.05) is 29.8 Å². The number of hydrogen-bond donors (Lipinski definition) is 3. The SMILES string of the molecule is COCCN(C(=O)CNc1ccc(Br)cc1)c1c(N)n(CC(C)C)c(=O)[nH]c1=O. The smallest absolute Gasteiger partial charge is 0.330 e. The van der Waals surface area contributed by atoms with Crippen LogP contribution in [0.3, 0.4) is 0 Å². The van der Waals surface area contributed by atoms with Gasteiger partial charge in [-0.3, -0.25) is 19.1 Å². The van der Waals surface area contributed by atoms with Crippen molar-refractivity contribution >= 4 is 39.0 Å². The van der Waals surface area contributed by atoms with E-state index in [-0.39, 0.29) is 43.0 Å². The van der Waals surface area contributed by atoms with Crippen molar-refractivity contribution in [1.82, 2.24) is 9.55 Å². The summed E-state index contributed by atoms with van der Waals surface area (Å²) < 4.78 is 7.27. The predicted octanol–water partition coefficient (Wildman–Crippen LogP) is 1.63. The molecule has 0 unspecified atom stereocenters. The van der Waals surface area contributed by atoms with Gasteiger partial charge in [-0.25, -0.2) is 4.79 Å². The van der Waals surface area contributed by atoms with E-state index in [1.807, 2.05) is 38.1 Å². The van der Waals surface area contributed by atoms with Gasteiger partial charge in [0.1, 0.15) is 5.82 Å². The van der Waals surface area contributed by atoms with Crippen LogP contribution in [0.1, 0.15) is 13.8 Å². The fourth-order valence-corrected chi connectivity index (χ4v) is 3.03. The maximum atomic E-state index is 12.9. The number of amides is 1. The van der Waals surface area contributed by atoms with Crippen LogP contribution in [-0.2, 0) is 16.1 Å². The molecule has 1 aromatic heterocycles. The highest BCUT2D eigenvalue weighted by molar-refractivity contribution is 9.10. The van der Waals surface area contributed by atoms with E-state index >= 15 is 0 Å². The zero-order chi connectivity index (χ0) is 21.6. The Hall–Kier alpha value is -2.59. The maximum Gasteiger partial charge on any atom is 0.330 e. The molecule has 0 atom stereocenters. The number of hydrogen-bond acceptors (Lipinski definition) is 6. The van der Waals surface area contributed by atoms with Crippen molar-refractivity contribution < 1.29 is 9.53 Å². The van der Waals surface area contributed by atoms with Gasteiger partial charge in [0.25, 0.3) is 5.56 Å². The van der Waals surface area contributed by atoms with Crippen molar-refractivity contribution in [2.45, 2.75) is 20.4 Å². The molecule has 0 spiro atoms. The van der Waals surface area contributed by atoms with Crippen molar-refractivity contribution in [3.63, 3.8) is 0 Å². The van der Waals surface area contributed by atoms with Gasteiger partial charge >= 0.3 is 5.69 Å². The number of carbonyl (C=O) groups excluding carboxylic acids is 1. The van der Waals surface area contributed by atoms with Crippen LogP contribution in [0.15, 0.2) is 38.3 Å². The monoisotopic (exact) mass is 467 g/mol. The lowest BCUT2D eigenvalue weighted by atomic mass is 10.2. The number of ether oxygens (including phenoxy) is 1. The van der Waals surface area contributed by atoms with Crippen LogP contribution in [0.2, 0.25) is 0 Å². The standard InChI is InChI=1S/C19H26BrN5O4/c1-12(2)11-25-17(21)16(18(27)23-19(25)28)24(8-9-29-3)15(26)10-22-14-6-4-13(20)5-7-14/h4-7,12,22H,8-11,21H2,1-3H3,(H,23,27,28). The molecular formula is C19H26BrN5O4. The normalized spacial score (nSPS) is 10.9. The van der Waals surface area contributed by atoms with Crippen molar-refractivity contribution in [2.75, 3.05) is 42.8 Å². The maximum absolute atomic E-state index is 12.9. The molecule has 4 N–H and O–H groups in total. The van der Waals surface area contributed by atoms with E-state index in [0.29, 0.717) is 6.54 Å². The summed E-state index contributed by atoms with van der Waals surface area (Å²) in [7, 11) is 1.50. The number of H-pyrrole nitrogens is 1. The van der Waals surface area contributed by atoms with E-state index in [2.05, 4.69) is 26.2 Å². The summed E-state index contributed by atoms with van der Waals surface area (Å²) in [5.41, 5.74) is 5.54. The Labute approximate surface area is 177 Å². The predicted molar refractivity (Wildman–Crippen MR) is 117 cm³/mol. The quantitative estimate of drug-likeness (QED) is 0.514. The summed E-state index contributed by atoms with van der Waals surface area (Å²) in [5, 5.41) is 3.02. The minimum Gasteiger partial charge on any atom is -0.383 e. The molecule has 0 radical (unpaired) electrons. The van der Waals surface area contributed by atoms with Gasteiger partial charge in [0.15, 0.2) is 5.69 Å². The average Bonchev–Trinajstić information content (AvgIpc) is 2.66. The fourth-order valence-electron chi connectivity index (χ4n) is 2.77. The molecule has 2 aromatic rings. The van der Waals surface area contributed by atoms with Crippen molar-refractivity contribution in [3.8, 4) is 0 Å². The first-order valence-electron chi connectivity index (χ1n) is 9.16. The summed E-state index contributed by atoms with van der Waals surface area (Å²) in [6.07, 6.45) is 0. The molecule has 1 amide bonds. The van der Waals surface area contributed by atoms with Crippen LogP contribution < -0.4 is 27.2 Å². The molecule has 0 saturated heterocycles. The number of aromatic amines is 1. The Balaban J connectivity index is 2.35. The number of methoxy groups -OCH3 is 1. The lowest BCUT2D eigenvalue weighted by molar-refractivity contribution is -0.117. The molecule has 158 valence electrons. The summed E-state index contributed by atoms with van der Waals surface area (Å²) in [4.78, 5) is 41.1. The molecule has 29 heavy (non-hydrogen) atoms. The summed E-state index contributed by atoms with van der Waals surface area (Å²) in [6.45, 7) is 4.42. The molecule has 0 aliphatic rings. The molecular weight excluding hydrogens is 442 g/mol. The van der Waals surface area contributed by atoms with Crippen LogP contribution in [0.4, 0.5) is 17.2 Å². The Bertz CT molecular complexity index is 953.